The maximum absolute atomic E-state index is 13.0. The minimum atomic E-state index is -0.213. The Morgan fingerprint density at radius 1 is 1.55 bits per heavy atom. The number of anilines is 1. The van der Waals surface area contributed by atoms with Gasteiger partial charge in [0.1, 0.15) is 0 Å². The maximum Gasteiger partial charge on any atom is 0.310 e. The lowest BCUT2D eigenvalue weighted by Gasteiger charge is -2.01. The predicted octanol–water partition coefficient (Wildman–Crippen LogP) is 1.00. The maximum atomic E-state index is 13.0. The number of hydrogen-bond acceptors (Lipinski definition) is 1. The fourth-order valence-corrected chi connectivity index (χ4v) is 1.14. The van der Waals surface area contributed by atoms with Gasteiger partial charge in [0.25, 0.3) is 0 Å². The SMILES string of the molecule is CNc1c(F)cc(C)c[n+]1C. The van der Waals surface area contributed by atoms with E-state index < -0.39 is 0 Å². The smallest absolute Gasteiger partial charge is 0.275 e. The molecule has 3 heteroatoms. The lowest BCUT2D eigenvalue weighted by Crippen LogP contribution is -2.33. The highest BCUT2D eigenvalue weighted by atomic mass is 19.1. The van der Waals surface area contributed by atoms with Gasteiger partial charge in [-0.2, -0.15) is 4.39 Å². The van der Waals surface area contributed by atoms with Crippen LogP contribution in [0.2, 0.25) is 0 Å². The molecule has 0 saturated heterocycles. The van der Waals surface area contributed by atoms with Crippen molar-refractivity contribution in [2.24, 2.45) is 7.05 Å². The van der Waals surface area contributed by atoms with Crippen LogP contribution < -0.4 is 9.88 Å². The van der Waals surface area contributed by atoms with Gasteiger partial charge in [-0.3, -0.25) is 5.32 Å². The molecular weight excluding hydrogens is 143 g/mol. The first-order chi connectivity index (χ1) is 5.15. The molecule has 1 aromatic heterocycles. The highest BCUT2D eigenvalue weighted by Crippen LogP contribution is 2.07. The first-order valence-electron chi connectivity index (χ1n) is 3.48. The van der Waals surface area contributed by atoms with E-state index in [1.54, 1.807) is 11.6 Å². The molecule has 1 rings (SSSR count). The number of aryl methyl sites for hydroxylation is 2. The van der Waals surface area contributed by atoms with Gasteiger partial charge in [0.15, 0.2) is 0 Å². The molecule has 0 unspecified atom stereocenters. The van der Waals surface area contributed by atoms with Gasteiger partial charge in [-0.15, -0.1) is 0 Å². The summed E-state index contributed by atoms with van der Waals surface area (Å²) in [4.78, 5) is 0. The molecule has 0 saturated carbocycles. The Morgan fingerprint density at radius 2 is 2.18 bits per heavy atom. The normalized spacial score (nSPS) is 9.82. The molecule has 0 aromatic carbocycles. The Labute approximate surface area is 65.7 Å². The van der Waals surface area contributed by atoms with E-state index in [0.717, 1.165) is 5.56 Å². The molecule has 0 bridgehead atoms. The summed E-state index contributed by atoms with van der Waals surface area (Å²) in [6, 6.07) is 1.51. The zero-order valence-electron chi connectivity index (χ0n) is 6.98. The summed E-state index contributed by atoms with van der Waals surface area (Å²) in [5, 5.41) is 2.78. The van der Waals surface area contributed by atoms with Crippen molar-refractivity contribution < 1.29 is 8.96 Å². The van der Waals surface area contributed by atoms with Crippen molar-refractivity contribution in [3.63, 3.8) is 0 Å². The number of halogens is 1. The lowest BCUT2D eigenvalue weighted by atomic mass is 10.3. The van der Waals surface area contributed by atoms with Crippen LogP contribution in [0.3, 0.4) is 0 Å². The fraction of sp³-hybridized carbons (Fsp3) is 0.375. The summed E-state index contributed by atoms with van der Waals surface area (Å²) in [5.41, 5.74) is 0.920. The molecule has 60 valence electrons. The number of nitrogens with zero attached hydrogens (tertiary/aromatic N) is 1. The molecule has 0 aliphatic rings. The summed E-state index contributed by atoms with van der Waals surface area (Å²) in [7, 11) is 3.51. The third-order valence-electron chi connectivity index (χ3n) is 1.57. The Bertz CT molecular complexity index is 248. The summed E-state index contributed by atoms with van der Waals surface area (Å²) < 4.78 is 14.8. The first-order valence-corrected chi connectivity index (χ1v) is 3.48. The van der Waals surface area contributed by atoms with Crippen molar-refractivity contribution >= 4 is 5.82 Å². The van der Waals surface area contributed by atoms with Crippen LogP contribution in [0.5, 0.6) is 0 Å². The average molecular weight is 155 g/mol. The molecule has 2 nitrogen and oxygen atoms in total. The number of nitrogens with one attached hydrogen (secondary N) is 1. The van der Waals surface area contributed by atoms with Crippen molar-refractivity contribution in [1.29, 1.82) is 0 Å². The van der Waals surface area contributed by atoms with Gasteiger partial charge in [0.2, 0.25) is 5.82 Å². The van der Waals surface area contributed by atoms with Crippen LogP contribution in [0.1, 0.15) is 5.56 Å². The lowest BCUT2D eigenvalue weighted by molar-refractivity contribution is -0.658. The molecule has 0 aliphatic heterocycles. The van der Waals surface area contributed by atoms with Gasteiger partial charge in [-0.05, 0) is 18.6 Å². The standard InChI is InChI=1S/C8H11FN2/c1-6-4-7(9)8(10-2)11(3)5-6/h4-5H,1-3H3/p+1. The molecule has 1 heterocycles. The number of rotatable bonds is 1. The van der Waals surface area contributed by atoms with Gasteiger partial charge in [-0.1, -0.05) is 0 Å². The van der Waals surface area contributed by atoms with Crippen LogP contribution in [0.15, 0.2) is 12.3 Å². The second-order valence-corrected chi connectivity index (χ2v) is 2.57. The van der Waals surface area contributed by atoms with E-state index >= 15 is 0 Å². The minimum absolute atomic E-state index is 0.213. The largest absolute Gasteiger partial charge is 0.310 e. The Balaban J connectivity index is 3.25. The second-order valence-electron chi connectivity index (χ2n) is 2.57. The molecular formula is C8H12FN2+. The summed E-state index contributed by atoms with van der Waals surface area (Å²) in [6.45, 7) is 1.86. The van der Waals surface area contributed by atoms with Crippen molar-refractivity contribution in [2.75, 3.05) is 12.4 Å². The molecule has 1 N–H and O–H groups in total. The van der Waals surface area contributed by atoms with Crippen LogP contribution in [-0.2, 0) is 7.05 Å². The Morgan fingerprint density at radius 3 is 2.64 bits per heavy atom. The zero-order chi connectivity index (χ0) is 8.43. The van der Waals surface area contributed by atoms with Crippen LogP contribution in [0.4, 0.5) is 10.2 Å². The number of hydrogen-bond donors (Lipinski definition) is 1. The molecule has 0 aliphatic carbocycles. The van der Waals surface area contributed by atoms with Gasteiger partial charge in [0, 0.05) is 0 Å². The Hall–Kier alpha value is -1.12. The first kappa shape index (κ1) is 7.98. The minimum Gasteiger partial charge on any atom is -0.275 e. The zero-order valence-corrected chi connectivity index (χ0v) is 6.98. The summed E-state index contributed by atoms with van der Waals surface area (Å²) >= 11 is 0. The fourth-order valence-electron chi connectivity index (χ4n) is 1.14. The molecule has 0 radical (unpaired) electrons. The van der Waals surface area contributed by atoms with Crippen molar-refractivity contribution in [3.05, 3.63) is 23.6 Å². The quantitative estimate of drug-likeness (QED) is 0.598. The van der Waals surface area contributed by atoms with Crippen molar-refractivity contribution in [2.45, 2.75) is 6.92 Å². The van der Waals surface area contributed by atoms with Crippen LogP contribution in [0, 0.1) is 12.7 Å². The Kier molecular flexibility index (Phi) is 2.08. The molecule has 0 spiro atoms. The monoisotopic (exact) mass is 155 g/mol. The summed E-state index contributed by atoms with van der Waals surface area (Å²) in [6.07, 6.45) is 1.87. The highest BCUT2D eigenvalue weighted by Gasteiger charge is 2.10. The molecule has 11 heavy (non-hydrogen) atoms. The predicted molar refractivity (Wildman–Crippen MR) is 41.9 cm³/mol. The van der Waals surface area contributed by atoms with E-state index in [9.17, 15) is 4.39 Å². The topological polar surface area (TPSA) is 15.9 Å². The van der Waals surface area contributed by atoms with Gasteiger partial charge < -0.3 is 0 Å². The third kappa shape index (κ3) is 1.48. The second kappa shape index (κ2) is 2.86. The summed E-state index contributed by atoms with van der Waals surface area (Å²) in [5.74, 6) is 0.297. The van der Waals surface area contributed by atoms with Gasteiger partial charge >= 0.3 is 5.82 Å². The van der Waals surface area contributed by atoms with Crippen LogP contribution >= 0.6 is 0 Å². The van der Waals surface area contributed by atoms with Crippen molar-refractivity contribution in [1.82, 2.24) is 0 Å². The molecule has 0 atom stereocenters. The van der Waals surface area contributed by atoms with Crippen LogP contribution in [0.25, 0.3) is 0 Å². The van der Waals surface area contributed by atoms with E-state index in [0.29, 0.717) is 5.82 Å². The van der Waals surface area contributed by atoms with Crippen LogP contribution in [-0.4, -0.2) is 7.05 Å². The van der Waals surface area contributed by atoms with E-state index in [1.165, 1.54) is 6.07 Å². The van der Waals surface area contributed by atoms with E-state index in [2.05, 4.69) is 5.32 Å². The number of pyridine rings is 1. The van der Waals surface area contributed by atoms with E-state index in [1.807, 2.05) is 20.2 Å². The van der Waals surface area contributed by atoms with Gasteiger partial charge in [-0.25, -0.2) is 4.57 Å². The highest BCUT2D eigenvalue weighted by molar-refractivity contribution is 5.30. The molecule has 0 amide bonds. The molecule has 1 aromatic rings. The number of aromatic nitrogens is 1. The van der Waals surface area contributed by atoms with Crippen molar-refractivity contribution in [3.8, 4) is 0 Å². The average Bonchev–Trinajstić information content (AvgIpc) is 1.85. The van der Waals surface area contributed by atoms with E-state index in [4.69, 9.17) is 0 Å². The third-order valence-corrected chi connectivity index (χ3v) is 1.57. The molecule has 0 fully saturated rings. The van der Waals surface area contributed by atoms with E-state index in [-0.39, 0.29) is 5.82 Å². The van der Waals surface area contributed by atoms with Gasteiger partial charge in [0.05, 0.1) is 20.3 Å².